The zero-order chi connectivity index (χ0) is 64.7. The van der Waals surface area contributed by atoms with Crippen molar-refractivity contribution in [2.75, 3.05) is 39.6 Å². The minimum Gasteiger partial charge on any atom is -0.462 e. The summed E-state index contributed by atoms with van der Waals surface area (Å²) in [6.45, 7) is 14.0. The number of aliphatic hydroxyl groups is 1. The first-order valence-corrected chi connectivity index (χ1v) is 38.2. The van der Waals surface area contributed by atoms with Crippen LogP contribution < -0.4 is 0 Å². The largest absolute Gasteiger partial charge is 0.472 e. The zero-order valence-corrected chi connectivity index (χ0v) is 58.4. The van der Waals surface area contributed by atoms with Gasteiger partial charge in [-0.1, -0.05) is 280 Å². The number of hydrogen-bond acceptors (Lipinski definition) is 15. The molecule has 0 amide bonds. The van der Waals surface area contributed by atoms with Gasteiger partial charge < -0.3 is 33.8 Å². The predicted octanol–water partition coefficient (Wildman–Crippen LogP) is 18.9. The smallest absolute Gasteiger partial charge is 0.462 e. The Morgan fingerprint density at radius 3 is 0.816 bits per heavy atom. The second kappa shape index (κ2) is 57.9. The molecule has 19 heteroatoms. The van der Waals surface area contributed by atoms with Gasteiger partial charge in [-0.3, -0.25) is 37.3 Å². The van der Waals surface area contributed by atoms with Crippen LogP contribution in [0.1, 0.15) is 331 Å². The zero-order valence-electron chi connectivity index (χ0n) is 56.6. The van der Waals surface area contributed by atoms with Crippen LogP contribution in [0.15, 0.2) is 0 Å². The third kappa shape index (κ3) is 61.3. The van der Waals surface area contributed by atoms with Gasteiger partial charge in [0.15, 0.2) is 12.2 Å². The molecular formula is C68H132O17P2. The Bertz CT molecular complexity index is 1730. The molecule has 6 atom stereocenters. The fraction of sp³-hybridized carbons (Fsp3) is 0.941. The van der Waals surface area contributed by atoms with E-state index in [2.05, 4.69) is 55.4 Å². The van der Waals surface area contributed by atoms with Crippen molar-refractivity contribution in [1.29, 1.82) is 0 Å². The first kappa shape index (κ1) is 85.1. The molecule has 0 aliphatic carbocycles. The lowest BCUT2D eigenvalue weighted by Gasteiger charge is -2.21. The number of rotatable bonds is 65. The van der Waals surface area contributed by atoms with Crippen molar-refractivity contribution >= 4 is 39.5 Å². The Morgan fingerprint density at radius 1 is 0.322 bits per heavy atom. The molecule has 0 radical (unpaired) electrons. The summed E-state index contributed by atoms with van der Waals surface area (Å²) in [4.78, 5) is 72.4. The molecule has 0 saturated carbocycles. The molecule has 0 heterocycles. The van der Waals surface area contributed by atoms with Crippen LogP contribution in [0.3, 0.4) is 0 Å². The molecule has 3 N–H and O–H groups in total. The number of phosphoric acid groups is 2. The third-order valence-corrected chi connectivity index (χ3v) is 17.8. The van der Waals surface area contributed by atoms with Crippen LogP contribution in [0, 0.1) is 23.7 Å². The normalized spacial score (nSPS) is 14.6. The molecule has 0 aliphatic heterocycles. The van der Waals surface area contributed by atoms with Crippen LogP contribution in [0.25, 0.3) is 0 Å². The van der Waals surface area contributed by atoms with Gasteiger partial charge in [0, 0.05) is 25.7 Å². The molecule has 0 spiro atoms. The lowest BCUT2D eigenvalue weighted by atomic mass is 10.00. The van der Waals surface area contributed by atoms with Crippen molar-refractivity contribution in [2.45, 2.75) is 350 Å². The van der Waals surface area contributed by atoms with Crippen LogP contribution in [0.2, 0.25) is 0 Å². The third-order valence-electron chi connectivity index (χ3n) is 15.9. The average molecular weight is 1280 g/mol. The van der Waals surface area contributed by atoms with Gasteiger partial charge in [0.05, 0.1) is 26.4 Å². The van der Waals surface area contributed by atoms with E-state index in [0.717, 1.165) is 114 Å². The summed E-state index contributed by atoms with van der Waals surface area (Å²) < 4.78 is 68.2. The summed E-state index contributed by atoms with van der Waals surface area (Å²) in [5, 5.41) is 10.6. The molecule has 0 aromatic carbocycles. The van der Waals surface area contributed by atoms with Gasteiger partial charge in [0.25, 0.3) is 0 Å². The summed E-state index contributed by atoms with van der Waals surface area (Å²) >= 11 is 0. The Balaban J connectivity index is 5.26. The van der Waals surface area contributed by atoms with Crippen molar-refractivity contribution < 1.29 is 80.2 Å². The van der Waals surface area contributed by atoms with E-state index < -0.39 is 97.5 Å². The van der Waals surface area contributed by atoms with Crippen LogP contribution in [0.5, 0.6) is 0 Å². The number of unbranched alkanes of at least 4 members (excludes halogenated alkanes) is 30. The highest BCUT2D eigenvalue weighted by atomic mass is 31.2. The molecule has 516 valence electrons. The van der Waals surface area contributed by atoms with Crippen molar-refractivity contribution in [2.24, 2.45) is 23.7 Å². The molecule has 0 fully saturated rings. The first-order valence-electron chi connectivity index (χ1n) is 35.2. The van der Waals surface area contributed by atoms with E-state index in [-0.39, 0.29) is 25.7 Å². The van der Waals surface area contributed by atoms with E-state index in [0.29, 0.717) is 31.6 Å². The molecule has 0 saturated heterocycles. The molecule has 3 unspecified atom stereocenters. The van der Waals surface area contributed by atoms with E-state index in [4.69, 9.17) is 37.0 Å². The molecular weight excluding hydrogens is 1150 g/mol. The minimum atomic E-state index is -4.95. The highest BCUT2D eigenvalue weighted by Gasteiger charge is 2.30. The minimum absolute atomic E-state index is 0.102. The fourth-order valence-corrected chi connectivity index (χ4v) is 11.7. The van der Waals surface area contributed by atoms with E-state index in [1.165, 1.54) is 128 Å². The van der Waals surface area contributed by atoms with Gasteiger partial charge in [0.1, 0.15) is 19.3 Å². The van der Waals surface area contributed by atoms with E-state index in [1.807, 2.05) is 0 Å². The van der Waals surface area contributed by atoms with E-state index in [9.17, 15) is 43.2 Å². The first-order chi connectivity index (χ1) is 41.6. The molecule has 0 rings (SSSR count). The van der Waals surface area contributed by atoms with Crippen LogP contribution >= 0.6 is 15.6 Å². The van der Waals surface area contributed by atoms with Gasteiger partial charge in [-0.15, -0.1) is 0 Å². The Morgan fingerprint density at radius 2 is 0.552 bits per heavy atom. The predicted molar refractivity (Wildman–Crippen MR) is 349 cm³/mol. The summed E-state index contributed by atoms with van der Waals surface area (Å²) in [6.07, 6.45) is 39.0. The molecule has 0 aliphatic rings. The topological polar surface area (TPSA) is 237 Å². The lowest BCUT2D eigenvalue weighted by Crippen LogP contribution is -2.30. The highest BCUT2D eigenvalue weighted by molar-refractivity contribution is 7.47. The monoisotopic (exact) mass is 1280 g/mol. The molecule has 0 bridgehead atoms. The summed E-state index contributed by atoms with van der Waals surface area (Å²) in [5.41, 5.74) is 0. The second-order valence-electron chi connectivity index (χ2n) is 26.2. The number of esters is 4. The van der Waals surface area contributed by atoms with Crippen LogP contribution in [-0.4, -0.2) is 96.7 Å². The highest BCUT2D eigenvalue weighted by Crippen LogP contribution is 2.45. The van der Waals surface area contributed by atoms with Gasteiger partial charge in [-0.25, -0.2) is 9.13 Å². The maximum Gasteiger partial charge on any atom is 0.472 e. The van der Waals surface area contributed by atoms with Gasteiger partial charge in [-0.2, -0.15) is 0 Å². The van der Waals surface area contributed by atoms with Crippen LogP contribution in [0.4, 0.5) is 0 Å². The number of carbonyl (C=O) groups excluding carboxylic acids is 4. The number of phosphoric ester groups is 2. The molecule has 17 nitrogen and oxygen atoms in total. The average Bonchev–Trinajstić information content (AvgIpc) is 3.69. The molecule has 87 heavy (non-hydrogen) atoms. The van der Waals surface area contributed by atoms with E-state index in [1.54, 1.807) is 0 Å². The summed E-state index contributed by atoms with van der Waals surface area (Å²) in [7, 11) is -9.90. The maximum atomic E-state index is 13.0. The number of carbonyl (C=O) groups is 4. The Labute approximate surface area is 530 Å². The van der Waals surface area contributed by atoms with Gasteiger partial charge in [0.2, 0.25) is 0 Å². The van der Waals surface area contributed by atoms with Gasteiger partial charge >= 0.3 is 39.5 Å². The molecule has 0 aromatic rings. The van der Waals surface area contributed by atoms with Gasteiger partial charge in [-0.05, 0) is 49.4 Å². The van der Waals surface area contributed by atoms with Crippen molar-refractivity contribution in [3.63, 3.8) is 0 Å². The quantitative estimate of drug-likeness (QED) is 0.0222. The van der Waals surface area contributed by atoms with Crippen LogP contribution in [-0.2, 0) is 65.4 Å². The number of aliphatic hydroxyl groups excluding tert-OH is 1. The maximum absolute atomic E-state index is 13.0. The number of ether oxygens (including phenoxy) is 4. The van der Waals surface area contributed by atoms with E-state index >= 15 is 0 Å². The van der Waals surface area contributed by atoms with Crippen molar-refractivity contribution in [1.82, 2.24) is 0 Å². The summed E-state index contributed by atoms with van der Waals surface area (Å²) in [5.74, 6) is 0.815. The Kier molecular flexibility index (Phi) is 56.6. The van der Waals surface area contributed by atoms with Crippen molar-refractivity contribution in [3.05, 3.63) is 0 Å². The fourth-order valence-electron chi connectivity index (χ4n) is 10.1. The molecule has 0 aromatic heterocycles. The number of hydrogen-bond donors (Lipinski definition) is 3. The van der Waals surface area contributed by atoms with Crippen molar-refractivity contribution in [3.8, 4) is 0 Å². The lowest BCUT2D eigenvalue weighted by molar-refractivity contribution is -0.161. The SMILES string of the molecule is CCC(C)CCCCCCCCC(=O)OC[C@H](COP(=O)(O)OC[C@H](O)COP(=O)(O)OC[C@@H](COC(=O)CCCCCCCCCCCCCC(C)C)OC(=O)CCCCCCCCCCCCC(C)C)OC(=O)CCCCCCCCCC(C)C. The standard InChI is InChI=1S/C68H132O17P2/c1-9-61(8)47-39-31-26-27-33-41-49-66(71)79-55-64(85-68(73)51-43-35-25-19-22-30-38-46-60(6)7)57-83-87(76,77)81-53-62(69)52-80-86(74,75)82-56-63(84-67(72)50-42-34-24-18-14-13-16-21-29-37-45-59(4)5)54-78-65(70)48-40-32-23-17-12-10-11-15-20-28-36-44-58(2)3/h58-64,69H,9-57H2,1-8H3,(H,74,75)(H,76,77)/t61?,62-,63-,64-/m1/s1. The Hall–Kier alpha value is -1.94. The summed E-state index contributed by atoms with van der Waals surface area (Å²) in [6, 6.07) is 0. The second-order valence-corrected chi connectivity index (χ2v) is 29.1.